The van der Waals surface area contributed by atoms with Crippen LogP contribution in [-0.4, -0.2) is 67.6 Å². The molecule has 0 aromatic heterocycles. The Balaban J connectivity index is 1.42. The number of rotatable bonds is 6. The van der Waals surface area contributed by atoms with Crippen LogP contribution < -0.4 is 5.32 Å². The number of carbonyl (C=O) groups excluding carboxylic acids is 1. The lowest BCUT2D eigenvalue weighted by atomic mass is 9.83. The highest BCUT2D eigenvalue weighted by Gasteiger charge is 2.29. The molecule has 2 amide bonds. The minimum atomic E-state index is -4.12. The highest BCUT2D eigenvalue weighted by Crippen LogP contribution is 2.33. The number of nitrogens with zero attached hydrogens (tertiary/aromatic N) is 3. The van der Waals surface area contributed by atoms with Gasteiger partial charge in [-0.15, -0.1) is 0 Å². The van der Waals surface area contributed by atoms with E-state index < -0.39 is 18.4 Å². The number of nitrogens with one attached hydrogen (secondary N) is 1. The Kier molecular flexibility index (Phi) is 8.56. The van der Waals surface area contributed by atoms with E-state index in [2.05, 4.69) is 10.5 Å². The topological polar surface area (TPSA) is 57.2 Å². The van der Waals surface area contributed by atoms with E-state index in [9.17, 15) is 22.4 Å². The normalized spacial score (nSPS) is 20.4. The van der Waals surface area contributed by atoms with Gasteiger partial charge in [-0.25, -0.2) is 9.18 Å². The van der Waals surface area contributed by atoms with E-state index in [-0.39, 0.29) is 30.3 Å². The second-order valence-electron chi connectivity index (χ2n) is 9.01. The standard InChI is InChI=1S/C23H32F4N4O2/c1-30(2)22(32)28-21-8-5-17(15-20(21)24)16-3-6-18(7-4-16)29-33-19-9-12-31(13-10-19)14-11-23(25,26)27/h5,8,15-16,19H,3-4,6-7,9-14H2,1-2H3,(H,28,32). The molecule has 1 heterocycles. The van der Waals surface area contributed by atoms with Crippen LogP contribution >= 0.6 is 0 Å². The van der Waals surface area contributed by atoms with Crippen molar-refractivity contribution in [2.75, 3.05) is 39.0 Å². The maximum atomic E-state index is 14.4. The first-order valence-corrected chi connectivity index (χ1v) is 11.4. The first-order chi connectivity index (χ1) is 15.6. The van der Waals surface area contributed by atoms with Gasteiger partial charge in [-0.1, -0.05) is 11.2 Å². The average Bonchev–Trinajstić information content (AvgIpc) is 2.78. The van der Waals surface area contributed by atoms with Gasteiger partial charge in [-0.3, -0.25) is 0 Å². The SMILES string of the molecule is CN(C)C(=O)Nc1ccc(C2CCC(=NOC3CCN(CCC(F)(F)F)CC3)CC2)cc1F. The van der Waals surface area contributed by atoms with E-state index in [1.165, 1.54) is 11.0 Å². The molecule has 1 aliphatic heterocycles. The number of benzene rings is 1. The number of oxime groups is 1. The monoisotopic (exact) mass is 472 g/mol. The Labute approximate surface area is 191 Å². The highest BCUT2D eigenvalue weighted by molar-refractivity contribution is 5.89. The van der Waals surface area contributed by atoms with Crippen LogP contribution in [0.2, 0.25) is 0 Å². The van der Waals surface area contributed by atoms with E-state index in [0.717, 1.165) is 37.0 Å². The van der Waals surface area contributed by atoms with E-state index in [1.807, 2.05) is 11.0 Å². The van der Waals surface area contributed by atoms with Crippen LogP contribution in [0.5, 0.6) is 0 Å². The number of urea groups is 1. The molecular formula is C23H32F4N4O2. The van der Waals surface area contributed by atoms with Gasteiger partial charge in [0.2, 0.25) is 0 Å². The molecule has 1 aromatic carbocycles. The molecule has 6 nitrogen and oxygen atoms in total. The molecule has 0 radical (unpaired) electrons. The van der Waals surface area contributed by atoms with E-state index in [4.69, 9.17) is 4.84 Å². The number of carbonyl (C=O) groups is 1. The van der Waals surface area contributed by atoms with Crippen molar-refractivity contribution < 1.29 is 27.2 Å². The van der Waals surface area contributed by atoms with Crippen LogP contribution in [0.1, 0.15) is 56.4 Å². The van der Waals surface area contributed by atoms with Crippen molar-refractivity contribution in [1.82, 2.24) is 9.80 Å². The second-order valence-corrected chi connectivity index (χ2v) is 9.01. The van der Waals surface area contributed by atoms with E-state index in [0.29, 0.717) is 25.9 Å². The number of hydrogen-bond acceptors (Lipinski definition) is 4. The Bertz CT molecular complexity index is 826. The summed E-state index contributed by atoms with van der Waals surface area (Å²) in [5, 5.41) is 6.85. The molecule has 2 aliphatic rings. The van der Waals surface area contributed by atoms with Crippen molar-refractivity contribution in [3.05, 3.63) is 29.6 Å². The smallest absolute Gasteiger partial charge is 0.390 e. The Morgan fingerprint density at radius 2 is 1.85 bits per heavy atom. The molecule has 2 fully saturated rings. The molecule has 0 bridgehead atoms. The van der Waals surface area contributed by atoms with Gasteiger partial charge in [0.15, 0.2) is 0 Å². The number of piperidine rings is 1. The van der Waals surface area contributed by atoms with Crippen LogP contribution in [0.15, 0.2) is 23.4 Å². The van der Waals surface area contributed by atoms with Crippen LogP contribution in [0, 0.1) is 5.82 Å². The number of anilines is 1. The van der Waals surface area contributed by atoms with Gasteiger partial charge in [0.25, 0.3) is 0 Å². The maximum absolute atomic E-state index is 14.4. The fourth-order valence-corrected chi connectivity index (χ4v) is 4.16. The zero-order valence-electron chi connectivity index (χ0n) is 19.1. The molecule has 10 heteroatoms. The summed E-state index contributed by atoms with van der Waals surface area (Å²) >= 11 is 0. The summed E-state index contributed by atoms with van der Waals surface area (Å²) in [6, 6.07) is 4.55. The summed E-state index contributed by atoms with van der Waals surface area (Å²) in [6.07, 6.45) is -0.419. The summed E-state index contributed by atoms with van der Waals surface area (Å²) in [4.78, 5) is 20.6. The molecule has 3 rings (SSSR count). The third kappa shape index (κ3) is 7.87. The molecule has 1 N–H and O–H groups in total. The molecule has 1 aromatic rings. The predicted octanol–water partition coefficient (Wildman–Crippen LogP) is 5.37. The van der Waals surface area contributed by atoms with Crippen molar-refractivity contribution >= 4 is 17.4 Å². The predicted molar refractivity (Wildman–Crippen MR) is 119 cm³/mol. The van der Waals surface area contributed by atoms with Gasteiger partial charge in [-0.2, -0.15) is 13.2 Å². The van der Waals surface area contributed by atoms with Gasteiger partial charge in [0.1, 0.15) is 11.9 Å². The van der Waals surface area contributed by atoms with Gasteiger partial charge < -0.3 is 20.0 Å². The molecule has 1 saturated heterocycles. The van der Waals surface area contributed by atoms with Gasteiger partial charge in [0.05, 0.1) is 17.8 Å². The lowest BCUT2D eigenvalue weighted by molar-refractivity contribution is -0.139. The molecule has 33 heavy (non-hydrogen) atoms. The third-order valence-corrected chi connectivity index (χ3v) is 6.25. The van der Waals surface area contributed by atoms with E-state index >= 15 is 0 Å². The Morgan fingerprint density at radius 3 is 2.42 bits per heavy atom. The van der Waals surface area contributed by atoms with Crippen molar-refractivity contribution in [2.45, 2.75) is 63.1 Å². The minimum absolute atomic E-state index is 0.0374. The molecule has 184 valence electrons. The summed E-state index contributed by atoms with van der Waals surface area (Å²) in [6.45, 7) is 1.21. The summed E-state index contributed by atoms with van der Waals surface area (Å²) in [5.41, 5.74) is 2.04. The van der Waals surface area contributed by atoms with Gasteiger partial charge in [0, 0.05) is 33.7 Å². The van der Waals surface area contributed by atoms with Crippen molar-refractivity contribution in [3.63, 3.8) is 0 Å². The van der Waals surface area contributed by atoms with Crippen LogP contribution in [0.3, 0.4) is 0 Å². The zero-order valence-corrected chi connectivity index (χ0v) is 19.1. The first kappa shape index (κ1) is 25.3. The zero-order chi connectivity index (χ0) is 24.0. The molecule has 1 aliphatic carbocycles. The van der Waals surface area contributed by atoms with Crippen molar-refractivity contribution in [1.29, 1.82) is 0 Å². The summed E-state index contributed by atoms with van der Waals surface area (Å²) in [5.74, 6) is -0.235. The Morgan fingerprint density at radius 1 is 1.18 bits per heavy atom. The summed E-state index contributed by atoms with van der Waals surface area (Å²) < 4.78 is 51.5. The number of amides is 2. The number of hydrogen-bond donors (Lipinski definition) is 1. The second kappa shape index (κ2) is 11.2. The fraction of sp³-hybridized carbons (Fsp3) is 0.652. The first-order valence-electron chi connectivity index (χ1n) is 11.4. The average molecular weight is 473 g/mol. The van der Waals surface area contributed by atoms with Crippen LogP contribution in [-0.2, 0) is 4.84 Å². The number of halogens is 4. The van der Waals surface area contributed by atoms with Crippen LogP contribution in [0.4, 0.5) is 28.0 Å². The highest BCUT2D eigenvalue weighted by atomic mass is 19.4. The lowest BCUT2D eigenvalue weighted by Crippen LogP contribution is -2.38. The number of alkyl halides is 3. The molecule has 1 saturated carbocycles. The van der Waals surface area contributed by atoms with E-state index in [1.54, 1.807) is 20.2 Å². The van der Waals surface area contributed by atoms with Gasteiger partial charge in [-0.05, 0) is 62.1 Å². The Hall–Kier alpha value is -2.36. The summed E-state index contributed by atoms with van der Waals surface area (Å²) in [7, 11) is 3.18. The molecule has 0 unspecified atom stereocenters. The van der Waals surface area contributed by atoms with Gasteiger partial charge >= 0.3 is 12.2 Å². The van der Waals surface area contributed by atoms with Crippen molar-refractivity contribution in [2.24, 2.45) is 5.16 Å². The quantitative estimate of drug-likeness (QED) is 0.448. The third-order valence-electron chi connectivity index (χ3n) is 6.25. The lowest BCUT2D eigenvalue weighted by Gasteiger charge is -2.31. The largest absolute Gasteiger partial charge is 0.392 e. The minimum Gasteiger partial charge on any atom is -0.392 e. The van der Waals surface area contributed by atoms with Crippen LogP contribution in [0.25, 0.3) is 0 Å². The van der Waals surface area contributed by atoms with Crippen molar-refractivity contribution in [3.8, 4) is 0 Å². The molecule has 0 spiro atoms. The molecule has 0 atom stereocenters. The maximum Gasteiger partial charge on any atom is 0.390 e. The molecular weight excluding hydrogens is 440 g/mol. The fourth-order valence-electron chi connectivity index (χ4n) is 4.16. The number of likely N-dealkylation sites (tertiary alicyclic amines) is 1.